The van der Waals surface area contributed by atoms with Gasteiger partial charge in [-0.25, -0.2) is 4.79 Å². The number of alkyl halides is 3. The van der Waals surface area contributed by atoms with E-state index in [-0.39, 0.29) is 18.7 Å². The van der Waals surface area contributed by atoms with Crippen LogP contribution in [0.1, 0.15) is 11.1 Å². The maximum Gasteiger partial charge on any atom is 0.430 e. The second-order valence-electron chi connectivity index (χ2n) is 8.17. The molecule has 36 heavy (non-hydrogen) atoms. The average Bonchev–Trinajstić information content (AvgIpc) is 3.27. The third kappa shape index (κ3) is 5.01. The van der Waals surface area contributed by atoms with Crippen molar-refractivity contribution in [2.45, 2.75) is 48.5 Å². The van der Waals surface area contributed by atoms with Crippen molar-refractivity contribution < 1.29 is 66.3 Å². The summed E-state index contributed by atoms with van der Waals surface area (Å²) in [6, 6.07) is -0.153. The normalized spacial score (nSPS) is 29.7. The van der Waals surface area contributed by atoms with Gasteiger partial charge in [0.15, 0.2) is 12.2 Å². The molecule has 0 aromatic heterocycles. The number of ether oxygens (including phenoxy) is 4. The molecule has 2 fully saturated rings. The lowest BCUT2D eigenvalue weighted by Gasteiger charge is -2.41. The summed E-state index contributed by atoms with van der Waals surface area (Å²) >= 11 is 0. The first kappa shape index (κ1) is 26.2. The predicted molar refractivity (Wildman–Crippen MR) is 102 cm³/mol. The Hall–Kier alpha value is -2.86. The number of aryl methyl sites for hydroxylation is 1. The standard InChI is InChI=1S/C18H15F8NO8S/c1-7-2-9(36(22,23,24,25)26)3-8-4-10(16(18(19,20)21)34-13(7)8)17(28)33-11-5-31-15-12(35-27(29)30)6-32-14(11)15/h2-4,11-12,14-16H,5-6H2,1H3/t11-,12+,14+,15+,16-/m0/s1. The first-order valence-electron chi connectivity index (χ1n) is 9.83. The fourth-order valence-corrected chi connectivity index (χ4v) is 4.78. The highest BCUT2D eigenvalue weighted by Crippen LogP contribution is 3.02. The van der Waals surface area contributed by atoms with Crippen LogP contribution in [0.2, 0.25) is 0 Å². The highest BCUT2D eigenvalue weighted by molar-refractivity contribution is 8.45. The van der Waals surface area contributed by atoms with Crippen molar-refractivity contribution in [3.63, 3.8) is 0 Å². The lowest BCUT2D eigenvalue weighted by molar-refractivity contribution is -0.769. The zero-order valence-corrected chi connectivity index (χ0v) is 18.5. The number of carbonyl (C=O) groups is 1. The number of halogens is 8. The number of hydrogen-bond acceptors (Lipinski definition) is 8. The molecule has 4 rings (SSSR count). The van der Waals surface area contributed by atoms with Crippen LogP contribution in [-0.2, 0) is 23.8 Å². The van der Waals surface area contributed by atoms with Gasteiger partial charge in [0, 0.05) is 5.56 Å². The van der Waals surface area contributed by atoms with Gasteiger partial charge in [-0.2, -0.15) is 13.2 Å². The third-order valence-corrected chi connectivity index (χ3v) is 6.65. The summed E-state index contributed by atoms with van der Waals surface area (Å²) < 4.78 is 128. The van der Waals surface area contributed by atoms with Gasteiger partial charge in [-0.1, -0.05) is 19.4 Å². The Kier molecular flexibility index (Phi) is 5.52. The van der Waals surface area contributed by atoms with Gasteiger partial charge in [0.1, 0.15) is 22.9 Å². The van der Waals surface area contributed by atoms with Crippen molar-refractivity contribution in [2.24, 2.45) is 0 Å². The van der Waals surface area contributed by atoms with E-state index in [4.69, 9.17) is 18.9 Å². The van der Waals surface area contributed by atoms with Crippen molar-refractivity contribution in [1.82, 2.24) is 0 Å². The number of carbonyl (C=O) groups excluding carboxylic acids is 1. The molecular weight excluding hydrogens is 542 g/mol. The van der Waals surface area contributed by atoms with Crippen LogP contribution in [0.25, 0.3) is 6.08 Å². The monoisotopic (exact) mass is 557 g/mol. The SMILES string of the molecule is Cc1cc(S(F)(F)(F)(F)F)cc2c1O[C@H](C(F)(F)F)C(C(=O)O[C@H]1CO[C@H]3[C@@H]1OC[C@H]3O[N+](=O)[O-])=C2. The fourth-order valence-electron chi connectivity index (χ4n) is 4.03. The molecule has 0 aliphatic carbocycles. The molecule has 0 N–H and O–H groups in total. The first-order valence-corrected chi connectivity index (χ1v) is 11.8. The van der Waals surface area contributed by atoms with Gasteiger partial charge in [-0.15, -0.1) is 10.1 Å². The molecule has 1 aromatic carbocycles. The van der Waals surface area contributed by atoms with Crippen LogP contribution in [-0.4, -0.2) is 61.0 Å². The minimum absolute atomic E-state index is 0.0398. The van der Waals surface area contributed by atoms with Gasteiger partial charge in [-0.05, 0) is 30.7 Å². The molecule has 0 bridgehead atoms. The topological polar surface area (TPSA) is 106 Å². The van der Waals surface area contributed by atoms with Crippen molar-refractivity contribution in [3.05, 3.63) is 38.9 Å². The number of nitrogens with zero attached hydrogens (tertiary/aromatic N) is 1. The largest absolute Gasteiger partial charge is 0.475 e. The Labute approximate surface area is 195 Å². The zero-order valence-electron chi connectivity index (χ0n) is 17.7. The van der Waals surface area contributed by atoms with Crippen LogP contribution >= 0.6 is 10.2 Å². The molecule has 9 nitrogen and oxygen atoms in total. The molecule has 0 unspecified atom stereocenters. The Morgan fingerprint density at radius 1 is 1.08 bits per heavy atom. The van der Waals surface area contributed by atoms with Crippen molar-refractivity contribution >= 4 is 22.3 Å². The average molecular weight is 557 g/mol. The summed E-state index contributed by atoms with van der Waals surface area (Å²) in [4.78, 5) is 25.2. The van der Waals surface area contributed by atoms with E-state index in [9.17, 15) is 47.5 Å². The van der Waals surface area contributed by atoms with Crippen LogP contribution in [0.5, 0.6) is 5.75 Å². The number of fused-ring (bicyclic) bond motifs is 2. The Bertz CT molecular complexity index is 1160. The second-order valence-corrected chi connectivity index (χ2v) is 10.6. The molecule has 3 heterocycles. The number of benzene rings is 1. The molecular formula is C18H15F8NO8S. The number of esters is 1. The van der Waals surface area contributed by atoms with Crippen molar-refractivity contribution in [1.29, 1.82) is 0 Å². The maximum atomic E-state index is 13.7. The quantitative estimate of drug-likeness (QED) is 0.223. The Morgan fingerprint density at radius 3 is 2.22 bits per heavy atom. The van der Waals surface area contributed by atoms with Crippen LogP contribution in [0.4, 0.5) is 32.6 Å². The van der Waals surface area contributed by atoms with Gasteiger partial charge >= 0.3 is 22.4 Å². The van der Waals surface area contributed by atoms with Gasteiger partial charge in [-0.3, -0.25) is 0 Å². The van der Waals surface area contributed by atoms with Gasteiger partial charge < -0.3 is 23.8 Å². The van der Waals surface area contributed by atoms with E-state index >= 15 is 0 Å². The van der Waals surface area contributed by atoms with Crippen LogP contribution in [0.15, 0.2) is 22.6 Å². The van der Waals surface area contributed by atoms with Gasteiger partial charge in [0.05, 0.1) is 18.8 Å². The Morgan fingerprint density at radius 2 is 1.67 bits per heavy atom. The Balaban J connectivity index is 1.66. The van der Waals surface area contributed by atoms with E-state index in [2.05, 4.69) is 4.84 Å². The summed E-state index contributed by atoms with van der Waals surface area (Å²) in [5, 5.41) is 9.42. The second kappa shape index (κ2) is 7.58. The molecule has 3 aliphatic heterocycles. The fraction of sp³-hybridized carbons (Fsp3) is 0.500. The zero-order chi connectivity index (χ0) is 26.9. The summed E-state index contributed by atoms with van der Waals surface area (Å²) in [6.07, 6.45) is -12.7. The number of hydrogen-bond donors (Lipinski definition) is 0. The molecule has 5 atom stereocenters. The third-order valence-electron chi connectivity index (χ3n) is 5.53. The highest BCUT2D eigenvalue weighted by atomic mass is 32.5. The summed E-state index contributed by atoms with van der Waals surface area (Å²) in [5.74, 6) is -2.47. The van der Waals surface area contributed by atoms with Crippen LogP contribution in [0.3, 0.4) is 0 Å². The molecule has 2 saturated heterocycles. The molecule has 0 radical (unpaired) electrons. The molecule has 0 amide bonds. The molecule has 202 valence electrons. The number of rotatable bonds is 5. The van der Waals surface area contributed by atoms with E-state index in [0.717, 1.165) is 6.92 Å². The van der Waals surface area contributed by atoms with E-state index in [1.54, 1.807) is 0 Å². The molecule has 3 aliphatic rings. The molecule has 0 spiro atoms. The summed E-state index contributed by atoms with van der Waals surface area (Å²) in [7, 11) is -10.2. The predicted octanol–water partition coefficient (Wildman–Crippen LogP) is 4.65. The molecule has 0 saturated carbocycles. The van der Waals surface area contributed by atoms with Crippen LogP contribution in [0, 0.1) is 17.0 Å². The summed E-state index contributed by atoms with van der Waals surface area (Å²) in [6.45, 7) is 0.0337. The lowest BCUT2D eigenvalue weighted by Crippen LogP contribution is -2.43. The van der Waals surface area contributed by atoms with Crippen molar-refractivity contribution in [3.8, 4) is 5.75 Å². The minimum atomic E-state index is -10.2. The van der Waals surface area contributed by atoms with Crippen LogP contribution < -0.4 is 4.74 Å². The van der Waals surface area contributed by atoms with E-state index < -0.39 is 91.9 Å². The lowest BCUT2D eigenvalue weighted by atomic mass is 9.99. The van der Waals surface area contributed by atoms with E-state index in [1.165, 1.54) is 0 Å². The summed E-state index contributed by atoms with van der Waals surface area (Å²) in [5.41, 5.74) is -2.83. The van der Waals surface area contributed by atoms with E-state index in [1.807, 2.05) is 0 Å². The first-order chi connectivity index (χ1) is 16.2. The molecule has 18 heteroatoms. The highest BCUT2D eigenvalue weighted by Gasteiger charge is 2.66. The van der Waals surface area contributed by atoms with E-state index in [0.29, 0.717) is 6.08 Å². The van der Waals surface area contributed by atoms with Crippen molar-refractivity contribution in [2.75, 3.05) is 13.2 Å². The maximum absolute atomic E-state index is 13.7. The minimum Gasteiger partial charge on any atom is -0.475 e. The van der Waals surface area contributed by atoms with Gasteiger partial charge in [0.25, 0.3) is 5.09 Å². The van der Waals surface area contributed by atoms with Gasteiger partial charge in [0.2, 0.25) is 6.10 Å². The smallest absolute Gasteiger partial charge is 0.430 e. The molecule has 1 aromatic rings.